The van der Waals surface area contributed by atoms with E-state index in [0.29, 0.717) is 22.7 Å². The van der Waals surface area contributed by atoms with Gasteiger partial charge in [0.15, 0.2) is 0 Å². The summed E-state index contributed by atoms with van der Waals surface area (Å²) in [6, 6.07) is 14.4. The van der Waals surface area contributed by atoms with Gasteiger partial charge in [-0.25, -0.2) is 13.8 Å². The van der Waals surface area contributed by atoms with E-state index < -0.39 is 0 Å². The molecule has 0 spiro atoms. The third kappa shape index (κ3) is 3.06. The van der Waals surface area contributed by atoms with E-state index in [9.17, 15) is 8.78 Å². The maximum atomic E-state index is 13.5. The largest absolute Gasteiger partial charge is 0.481 e. The number of hydrogen-bond acceptors (Lipinski definition) is 2. The van der Waals surface area contributed by atoms with E-state index in [-0.39, 0.29) is 11.6 Å². The summed E-state index contributed by atoms with van der Waals surface area (Å²) in [4.78, 5) is 4.44. The van der Waals surface area contributed by atoms with Crippen molar-refractivity contribution < 1.29 is 13.5 Å². The maximum absolute atomic E-state index is 13.5. The number of aromatic nitrogens is 1. The Balaban J connectivity index is 2.22. The predicted molar refractivity (Wildman–Crippen MR) is 86.3 cm³/mol. The van der Waals surface area contributed by atoms with E-state index in [1.807, 2.05) is 19.1 Å². The van der Waals surface area contributed by atoms with Crippen molar-refractivity contribution in [3.63, 3.8) is 0 Å². The second-order valence-corrected chi connectivity index (χ2v) is 5.20. The number of halogens is 2. The summed E-state index contributed by atoms with van der Waals surface area (Å²) in [5.74, 6) is -0.240. The molecule has 0 saturated carbocycles. The second kappa shape index (κ2) is 6.16. The lowest BCUT2D eigenvalue weighted by molar-refractivity contribution is 0.399. The van der Waals surface area contributed by atoms with Crippen LogP contribution in [0.4, 0.5) is 8.78 Å². The zero-order valence-corrected chi connectivity index (χ0v) is 12.8. The van der Waals surface area contributed by atoms with Gasteiger partial charge in [0.1, 0.15) is 11.6 Å². The minimum atomic E-state index is -0.336. The lowest BCUT2D eigenvalue weighted by Crippen LogP contribution is -1.97. The molecule has 0 radical (unpaired) electrons. The topological polar surface area (TPSA) is 22.1 Å². The summed E-state index contributed by atoms with van der Waals surface area (Å²) in [6.07, 6.45) is 0. The summed E-state index contributed by atoms with van der Waals surface area (Å²) in [5.41, 5.74) is 3.54. The van der Waals surface area contributed by atoms with Gasteiger partial charge in [0.25, 0.3) is 0 Å². The van der Waals surface area contributed by atoms with E-state index in [1.165, 1.54) is 31.4 Å². The van der Waals surface area contributed by atoms with Gasteiger partial charge in [-0.05, 0) is 48.4 Å². The highest BCUT2D eigenvalue weighted by Gasteiger charge is 2.14. The van der Waals surface area contributed by atoms with Crippen LogP contribution in [-0.2, 0) is 0 Å². The van der Waals surface area contributed by atoms with Crippen molar-refractivity contribution in [1.82, 2.24) is 4.98 Å². The molecule has 0 N–H and O–H groups in total. The molecule has 0 bridgehead atoms. The Labute approximate surface area is 133 Å². The summed E-state index contributed by atoms with van der Waals surface area (Å²) < 4.78 is 32.4. The third-order valence-electron chi connectivity index (χ3n) is 3.64. The van der Waals surface area contributed by atoms with Gasteiger partial charge < -0.3 is 4.74 Å². The van der Waals surface area contributed by atoms with Crippen LogP contribution in [0.15, 0.2) is 54.6 Å². The molecule has 1 heterocycles. The summed E-state index contributed by atoms with van der Waals surface area (Å²) in [5, 5.41) is 0. The molecule has 0 aliphatic carbocycles. The van der Waals surface area contributed by atoms with Crippen LogP contribution in [0.25, 0.3) is 22.3 Å². The number of nitrogens with zero attached hydrogens (tertiary/aromatic N) is 1. The first kappa shape index (κ1) is 15.2. The standard InChI is InChI=1S/C19H15F2NO/c1-12-17(13-5-3-7-15(20)9-13)11-18(19(22-12)23-2)14-6-4-8-16(21)10-14/h3-11H,1-2H3. The van der Waals surface area contributed by atoms with E-state index in [2.05, 4.69) is 4.98 Å². The third-order valence-corrected chi connectivity index (χ3v) is 3.64. The van der Waals surface area contributed by atoms with Gasteiger partial charge in [-0.3, -0.25) is 0 Å². The maximum Gasteiger partial charge on any atom is 0.221 e. The van der Waals surface area contributed by atoms with Crippen LogP contribution < -0.4 is 4.74 Å². The molecule has 0 fully saturated rings. The highest BCUT2D eigenvalue weighted by molar-refractivity contribution is 5.77. The Morgan fingerprint density at radius 3 is 1.91 bits per heavy atom. The number of rotatable bonds is 3. The van der Waals surface area contributed by atoms with Crippen molar-refractivity contribution in [1.29, 1.82) is 0 Å². The van der Waals surface area contributed by atoms with E-state index >= 15 is 0 Å². The van der Waals surface area contributed by atoms with E-state index in [4.69, 9.17) is 4.74 Å². The molecule has 3 rings (SSSR count). The SMILES string of the molecule is COc1nc(C)c(-c2cccc(F)c2)cc1-c1cccc(F)c1. The average Bonchev–Trinajstić information content (AvgIpc) is 2.54. The minimum absolute atomic E-state index is 0.315. The normalized spacial score (nSPS) is 10.6. The first-order chi connectivity index (χ1) is 11.1. The van der Waals surface area contributed by atoms with Crippen LogP contribution in [-0.4, -0.2) is 12.1 Å². The molecule has 1 aromatic heterocycles. The molecular weight excluding hydrogens is 296 g/mol. The van der Waals surface area contributed by atoms with Crippen molar-refractivity contribution in [2.75, 3.05) is 7.11 Å². The molecule has 0 aliphatic rings. The lowest BCUT2D eigenvalue weighted by Gasteiger charge is -2.13. The quantitative estimate of drug-likeness (QED) is 0.678. The lowest BCUT2D eigenvalue weighted by atomic mass is 9.99. The van der Waals surface area contributed by atoms with Crippen molar-refractivity contribution in [2.45, 2.75) is 6.92 Å². The number of hydrogen-bond donors (Lipinski definition) is 0. The highest BCUT2D eigenvalue weighted by Crippen LogP contribution is 2.34. The zero-order chi connectivity index (χ0) is 16.4. The highest BCUT2D eigenvalue weighted by atomic mass is 19.1. The van der Waals surface area contributed by atoms with Crippen LogP contribution in [0, 0.1) is 18.6 Å². The van der Waals surface area contributed by atoms with Gasteiger partial charge >= 0.3 is 0 Å². The summed E-state index contributed by atoms with van der Waals surface area (Å²) >= 11 is 0. The molecule has 3 aromatic rings. The summed E-state index contributed by atoms with van der Waals surface area (Å²) in [6.45, 7) is 1.83. The van der Waals surface area contributed by atoms with Crippen molar-refractivity contribution in [3.8, 4) is 28.1 Å². The molecule has 116 valence electrons. The molecule has 0 aliphatic heterocycles. The Kier molecular flexibility index (Phi) is 4.06. The Bertz CT molecular complexity index is 862. The fraction of sp³-hybridized carbons (Fsp3) is 0.105. The second-order valence-electron chi connectivity index (χ2n) is 5.20. The molecule has 2 aromatic carbocycles. The van der Waals surface area contributed by atoms with Gasteiger partial charge in [-0.15, -0.1) is 0 Å². The molecule has 4 heteroatoms. The first-order valence-corrected chi connectivity index (χ1v) is 7.16. The molecule has 2 nitrogen and oxygen atoms in total. The molecular formula is C19H15F2NO. The van der Waals surface area contributed by atoms with Gasteiger partial charge in [-0.1, -0.05) is 24.3 Å². The van der Waals surface area contributed by atoms with Gasteiger partial charge in [0.05, 0.1) is 7.11 Å². The summed E-state index contributed by atoms with van der Waals surface area (Å²) in [7, 11) is 1.52. The van der Waals surface area contributed by atoms with Gasteiger partial charge in [0.2, 0.25) is 5.88 Å². The number of aryl methyl sites for hydroxylation is 1. The molecule has 0 unspecified atom stereocenters. The van der Waals surface area contributed by atoms with Crippen molar-refractivity contribution >= 4 is 0 Å². The smallest absolute Gasteiger partial charge is 0.221 e. The first-order valence-electron chi connectivity index (χ1n) is 7.16. The van der Waals surface area contributed by atoms with Crippen molar-refractivity contribution in [2.24, 2.45) is 0 Å². The number of ether oxygens (including phenoxy) is 1. The van der Waals surface area contributed by atoms with E-state index in [1.54, 1.807) is 18.2 Å². The number of benzene rings is 2. The van der Waals surface area contributed by atoms with Crippen molar-refractivity contribution in [3.05, 3.63) is 71.9 Å². The van der Waals surface area contributed by atoms with Gasteiger partial charge in [0, 0.05) is 16.8 Å². The predicted octanol–water partition coefficient (Wildman–Crippen LogP) is 5.01. The average molecular weight is 311 g/mol. The Morgan fingerprint density at radius 2 is 1.39 bits per heavy atom. The molecule has 0 saturated heterocycles. The monoisotopic (exact) mass is 311 g/mol. The Hall–Kier alpha value is -2.75. The van der Waals surface area contributed by atoms with E-state index in [0.717, 1.165) is 11.1 Å². The fourth-order valence-electron chi connectivity index (χ4n) is 2.55. The number of pyridine rings is 1. The molecule has 23 heavy (non-hydrogen) atoms. The number of methoxy groups -OCH3 is 1. The van der Waals surface area contributed by atoms with Crippen LogP contribution >= 0.6 is 0 Å². The van der Waals surface area contributed by atoms with Crippen LogP contribution in [0.3, 0.4) is 0 Å². The molecule has 0 amide bonds. The van der Waals surface area contributed by atoms with Crippen LogP contribution in [0.5, 0.6) is 5.88 Å². The zero-order valence-electron chi connectivity index (χ0n) is 12.8. The Morgan fingerprint density at radius 1 is 0.826 bits per heavy atom. The van der Waals surface area contributed by atoms with Crippen LogP contribution in [0.2, 0.25) is 0 Å². The van der Waals surface area contributed by atoms with Crippen LogP contribution in [0.1, 0.15) is 5.69 Å². The minimum Gasteiger partial charge on any atom is -0.481 e. The van der Waals surface area contributed by atoms with Gasteiger partial charge in [-0.2, -0.15) is 0 Å². The fourth-order valence-corrected chi connectivity index (χ4v) is 2.55. The molecule has 0 atom stereocenters.